The number of aromatic nitrogens is 2. The van der Waals surface area contributed by atoms with Crippen LogP contribution in [0.25, 0.3) is 4.96 Å². The summed E-state index contributed by atoms with van der Waals surface area (Å²) in [5.41, 5.74) is 0.470. The fourth-order valence-electron chi connectivity index (χ4n) is 2.57. The number of nitrogens with zero attached hydrogens (tertiary/aromatic N) is 3. The van der Waals surface area contributed by atoms with Crippen molar-refractivity contribution in [3.8, 4) is 0 Å². The van der Waals surface area contributed by atoms with Crippen LogP contribution in [-0.2, 0) is 6.54 Å². The molecule has 0 aliphatic heterocycles. The molecule has 6 heteroatoms. The SMILES string of the molecule is CCN(CC(C)(C)O)c1nc2sccn2c1CNC1CC1. The molecule has 116 valence electrons. The molecule has 0 unspecified atom stereocenters. The molecule has 2 N–H and O–H groups in total. The number of hydrogen-bond donors (Lipinski definition) is 2. The Kier molecular flexibility index (Phi) is 3.94. The lowest BCUT2D eigenvalue weighted by atomic mass is 10.1. The molecule has 1 aliphatic carbocycles. The van der Waals surface area contributed by atoms with E-state index in [9.17, 15) is 5.11 Å². The number of imidazole rings is 1. The third-order valence-corrected chi connectivity index (χ3v) is 4.49. The van der Waals surface area contributed by atoms with Crippen molar-refractivity contribution >= 4 is 22.1 Å². The number of fused-ring (bicyclic) bond motifs is 1. The molecule has 0 saturated heterocycles. The molecule has 2 aromatic heterocycles. The molecule has 0 spiro atoms. The van der Waals surface area contributed by atoms with Crippen LogP contribution in [0.5, 0.6) is 0 Å². The zero-order valence-electron chi connectivity index (χ0n) is 13.0. The van der Waals surface area contributed by atoms with Gasteiger partial charge in [-0.25, -0.2) is 4.98 Å². The van der Waals surface area contributed by atoms with Gasteiger partial charge in [0.2, 0.25) is 0 Å². The summed E-state index contributed by atoms with van der Waals surface area (Å²) in [6, 6.07) is 0.673. The Morgan fingerprint density at radius 1 is 1.52 bits per heavy atom. The first kappa shape index (κ1) is 14.8. The second kappa shape index (κ2) is 5.59. The number of nitrogens with one attached hydrogen (secondary N) is 1. The highest BCUT2D eigenvalue weighted by Crippen LogP contribution is 2.27. The van der Waals surface area contributed by atoms with E-state index in [1.165, 1.54) is 18.5 Å². The first-order valence-corrected chi connectivity index (χ1v) is 8.51. The van der Waals surface area contributed by atoms with Gasteiger partial charge < -0.3 is 15.3 Å². The van der Waals surface area contributed by atoms with Crippen LogP contribution in [-0.4, -0.2) is 39.2 Å². The van der Waals surface area contributed by atoms with E-state index in [0.29, 0.717) is 12.6 Å². The largest absolute Gasteiger partial charge is 0.389 e. The Morgan fingerprint density at radius 3 is 2.90 bits per heavy atom. The number of thiazole rings is 1. The van der Waals surface area contributed by atoms with E-state index < -0.39 is 5.60 Å². The molecule has 0 atom stereocenters. The Balaban J connectivity index is 1.90. The van der Waals surface area contributed by atoms with E-state index >= 15 is 0 Å². The Bertz CT molecular complexity index is 609. The minimum Gasteiger partial charge on any atom is -0.389 e. The number of anilines is 1. The zero-order chi connectivity index (χ0) is 15.0. The third-order valence-electron chi connectivity index (χ3n) is 3.73. The van der Waals surface area contributed by atoms with Crippen LogP contribution in [0.1, 0.15) is 39.3 Å². The summed E-state index contributed by atoms with van der Waals surface area (Å²) < 4.78 is 2.17. The van der Waals surface area contributed by atoms with Crippen molar-refractivity contribution in [3.63, 3.8) is 0 Å². The van der Waals surface area contributed by atoms with Crippen molar-refractivity contribution in [2.75, 3.05) is 18.0 Å². The molecule has 0 radical (unpaired) electrons. The van der Waals surface area contributed by atoms with Crippen LogP contribution in [0.3, 0.4) is 0 Å². The Labute approximate surface area is 129 Å². The van der Waals surface area contributed by atoms with Crippen LogP contribution < -0.4 is 10.2 Å². The van der Waals surface area contributed by atoms with Crippen molar-refractivity contribution < 1.29 is 5.11 Å². The molecule has 2 heterocycles. The summed E-state index contributed by atoms with van der Waals surface area (Å²) in [4.78, 5) is 7.97. The summed E-state index contributed by atoms with van der Waals surface area (Å²) in [5, 5.41) is 15.8. The Morgan fingerprint density at radius 2 is 2.29 bits per heavy atom. The normalized spacial score (nSPS) is 15.8. The van der Waals surface area contributed by atoms with Gasteiger partial charge in [-0.2, -0.15) is 0 Å². The maximum Gasteiger partial charge on any atom is 0.195 e. The Hall–Kier alpha value is -1.11. The molecule has 0 aromatic carbocycles. The number of rotatable bonds is 7. The summed E-state index contributed by atoms with van der Waals surface area (Å²) in [5.74, 6) is 1.000. The summed E-state index contributed by atoms with van der Waals surface area (Å²) in [6.45, 7) is 8.06. The lowest BCUT2D eigenvalue weighted by molar-refractivity contribution is 0.0874. The van der Waals surface area contributed by atoms with Crippen molar-refractivity contribution in [2.45, 2.75) is 51.8 Å². The van der Waals surface area contributed by atoms with Crippen LogP contribution >= 0.6 is 11.3 Å². The van der Waals surface area contributed by atoms with Crippen LogP contribution in [0.15, 0.2) is 11.6 Å². The molecule has 1 saturated carbocycles. The van der Waals surface area contributed by atoms with E-state index in [4.69, 9.17) is 4.98 Å². The van der Waals surface area contributed by atoms with Gasteiger partial charge in [-0.1, -0.05) is 0 Å². The minimum absolute atomic E-state index is 0.588. The topological polar surface area (TPSA) is 52.8 Å². The lowest BCUT2D eigenvalue weighted by Crippen LogP contribution is -2.39. The minimum atomic E-state index is -0.728. The maximum absolute atomic E-state index is 10.1. The van der Waals surface area contributed by atoms with E-state index in [2.05, 4.69) is 33.1 Å². The van der Waals surface area contributed by atoms with E-state index in [0.717, 1.165) is 23.9 Å². The van der Waals surface area contributed by atoms with Gasteiger partial charge in [0.15, 0.2) is 10.8 Å². The maximum atomic E-state index is 10.1. The van der Waals surface area contributed by atoms with Gasteiger partial charge >= 0.3 is 0 Å². The van der Waals surface area contributed by atoms with E-state index in [-0.39, 0.29) is 0 Å². The van der Waals surface area contributed by atoms with Gasteiger partial charge in [0.05, 0.1) is 11.3 Å². The third kappa shape index (κ3) is 3.39. The van der Waals surface area contributed by atoms with Crippen molar-refractivity contribution in [3.05, 3.63) is 17.3 Å². The van der Waals surface area contributed by atoms with Gasteiger partial charge in [-0.3, -0.25) is 4.40 Å². The smallest absolute Gasteiger partial charge is 0.195 e. The predicted octanol–water partition coefficient (Wildman–Crippen LogP) is 2.25. The van der Waals surface area contributed by atoms with E-state index in [1.54, 1.807) is 11.3 Å². The van der Waals surface area contributed by atoms with Crippen LogP contribution in [0.4, 0.5) is 5.82 Å². The summed E-state index contributed by atoms with van der Waals surface area (Å²) in [7, 11) is 0. The predicted molar refractivity (Wildman–Crippen MR) is 87.1 cm³/mol. The number of aliphatic hydroxyl groups is 1. The summed E-state index contributed by atoms with van der Waals surface area (Å²) in [6.07, 6.45) is 4.64. The lowest BCUT2D eigenvalue weighted by Gasteiger charge is -2.29. The fraction of sp³-hybridized carbons (Fsp3) is 0.667. The molecule has 2 aromatic rings. The second-order valence-electron chi connectivity index (χ2n) is 6.42. The van der Waals surface area contributed by atoms with E-state index in [1.807, 2.05) is 13.8 Å². The van der Waals surface area contributed by atoms with Gasteiger partial charge in [-0.05, 0) is 33.6 Å². The highest BCUT2D eigenvalue weighted by atomic mass is 32.1. The first-order valence-electron chi connectivity index (χ1n) is 7.63. The van der Waals surface area contributed by atoms with Crippen LogP contribution in [0, 0.1) is 0 Å². The highest BCUT2D eigenvalue weighted by molar-refractivity contribution is 7.15. The average Bonchev–Trinajstić information content (AvgIpc) is 3.01. The molecule has 21 heavy (non-hydrogen) atoms. The molecular formula is C15H24N4OS. The van der Waals surface area contributed by atoms with Crippen molar-refractivity contribution in [2.24, 2.45) is 0 Å². The second-order valence-corrected chi connectivity index (χ2v) is 7.29. The average molecular weight is 308 g/mol. The first-order chi connectivity index (χ1) is 9.98. The standard InChI is InChI=1S/C15H24N4OS/c1-4-18(10-15(2,3)20)13-12(9-16-11-5-6-11)19-7-8-21-14(19)17-13/h7-8,11,16,20H,4-6,9-10H2,1-3H3. The van der Waals surface area contributed by atoms with Gasteiger partial charge in [0.1, 0.15) is 0 Å². The molecule has 1 aliphatic rings. The number of hydrogen-bond acceptors (Lipinski definition) is 5. The van der Waals surface area contributed by atoms with Gasteiger partial charge in [0.25, 0.3) is 0 Å². The number of likely N-dealkylation sites (N-methyl/N-ethyl adjacent to an activating group) is 1. The summed E-state index contributed by atoms with van der Waals surface area (Å²) >= 11 is 1.65. The molecule has 0 bridgehead atoms. The van der Waals surface area contributed by atoms with Crippen molar-refractivity contribution in [1.82, 2.24) is 14.7 Å². The van der Waals surface area contributed by atoms with Gasteiger partial charge in [0, 0.05) is 37.3 Å². The fourth-order valence-corrected chi connectivity index (χ4v) is 3.30. The zero-order valence-corrected chi connectivity index (χ0v) is 13.8. The molecule has 3 rings (SSSR count). The molecular weight excluding hydrogens is 284 g/mol. The molecule has 1 fully saturated rings. The van der Waals surface area contributed by atoms with Crippen molar-refractivity contribution in [1.29, 1.82) is 0 Å². The quantitative estimate of drug-likeness (QED) is 0.824. The monoisotopic (exact) mass is 308 g/mol. The van der Waals surface area contributed by atoms with Crippen LogP contribution in [0.2, 0.25) is 0 Å². The molecule has 0 amide bonds. The molecule has 5 nitrogen and oxygen atoms in total. The van der Waals surface area contributed by atoms with Gasteiger partial charge in [-0.15, -0.1) is 11.3 Å². The highest BCUT2D eigenvalue weighted by Gasteiger charge is 2.25.